The van der Waals surface area contributed by atoms with Crippen molar-refractivity contribution in [3.8, 4) is 0 Å². The number of carbonyl (C=O) groups excluding carboxylic acids is 3. The summed E-state index contributed by atoms with van der Waals surface area (Å²) in [5.74, 6) is -4.34. The Morgan fingerprint density at radius 1 is 0.893 bits per heavy atom. The molecule has 0 spiro atoms. The van der Waals surface area contributed by atoms with Gasteiger partial charge >= 0.3 is 11.9 Å². The van der Waals surface area contributed by atoms with Gasteiger partial charge < -0.3 is 37.6 Å². The second-order valence-electron chi connectivity index (χ2n) is 6.23. The van der Waals surface area contributed by atoms with Crippen LogP contribution in [0.1, 0.15) is 39.0 Å². The Morgan fingerprint density at radius 3 is 2.07 bits per heavy atom. The maximum atomic E-state index is 12.4. The van der Waals surface area contributed by atoms with Gasteiger partial charge in [0.15, 0.2) is 0 Å². The van der Waals surface area contributed by atoms with E-state index in [-0.39, 0.29) is 19.3 Å². The van der Waals surface area contributed by atoms with Crippen LogP contribution in [0, 0.1) is 0 Å². The van der Waals surface area contributed by atoms with Crippen LogP contribution in [0.2, 0.25) is 0 Å². The third-order valence-corrected chi connectivity index (χ3v) is 3.75. The first-order valence-corrected chi connectivity index (χ1v) is 8.86. The average Bonchev–Trinajstić information content (AvgIpc) is 2.62. The molecule has 0 radical (unpaired) electrons. The van der Waals surface area contributed by atoms with Crippen LogP contribution in [-0.4, -0.2) is 71.1 Å². The minimum atomic E-state index is -1.23. The predicted octanol–water partition coefficient (Wildman–Crippen LogP) is -2.50. The topological polar surface area (TPSA) is 214 Å². The van der Waals surface area contributed by atoms with E-state index < -0.39 is 54.3 Å². The summed E-state index contributed by atoms with van der Waals surface area (Å²) in [4.78, 5) is 57.4. The lowest BCUT2D eigenvalue weighted by Crippen LogP contribution is -2.55. The summed E-state index contributed by atoms with van der Waals surface area (Å²) in [5.41, 5.74) is 11.1. The molecule has 0 bridgehead atoms. The quantitative estimate of drug-likeness (QED) is 0.152. The summed E-state index contributed by atoms with van der Waals surface area (Å²) in [6.45, 7) is 1.18. The molecule has 160 valence electrons. The molecule has 0 aliphatic carbocycles. The van der Waals surface area contributed by atoms with Gasteiger partial charge in [0.05, 0.1) is 6.04 Å². The zero-order valence-electron chi connectivity index (χ0n) is 15.8. The highest BCUT2D eigenvalue weighted by molar-refractivity contribution is 5.93. The number of nitrogens with one attached hydrogen (secondary N) is 3. The highest BCUT2D eigenvalue weighted by atomic mass is 16.4. The van der Waals surface area contributed by atoms with E-state index >= 15 is 0 Å². The van der Waals surface area contributed by atoms with Gasteiger partial charge in [0, 0.05) is 6.42 Å². The minimum Gasteiger partial charge on any atom is -0.481 e. The molecule has 9 N–H and O–H groups in total. The van der Waals surface area contributed by atoms with Gasteiger partial charge in [-0.05, 0) is 39.2 Å². The largest absolute Gasteiger partial charge is 0.481 e. The molecule has 0 heterocycles. The SMILES string of the molecule is CC(NC(=O)C(CCCCN)NC(=O)C(N)CCC(=O)O)C(=O)NCC(=O)O. The summed E-state index contributed by atoms with van der Waals surface area (Å²) >= 11 is 0. The first-order valence-electron chi connectivity index (χ1n) is 8.86. The number of nitrogens with two attached hydrogens (primary N) is 2. The molecular formula is C16H29N5O7. The van der Waals surface area contributed by atoms with Crippen LogP contribution in [0.15, 0.2) is 0 Å². The summed E-state index contributed by atoms with van der Waals surface area (Å²) in [7, 11) is 0. The van der Waals surface area contributed by atoms with E-state index in [0.29, 0.717) is 19.4 Å². The van der Waals surface area contributed by atoms with E-state index in [4.69, 9.17) is 21.7 Å². The average molecular weight is 403 g/mol. The maximum Gasteiger partial charge on any atom is 0.322 e. The Labute approximate surface area is 162 Å². The van der Waals surface area contributed by atoms with Crippen LogP contribution in [0.3, 0.4) is 0 Å². The third kappa shape index (κ3) is 11.1. The molecule has 28 heavy (non-hydrogen) atoms. The van der Waals surface area contributed by atoms with E-state index in [0.717, 1.165) is 0 Å². The van der Waals surface area contributed by atoms with E-state index in [1.54, 1.807) is 0 Å². The minimum absolute atomic E-state index is 0.0910. The van der Waals surface area contributed by atoms with Crippen molar-refractivity contribution < 1.29 is 34.2 Å². The van der Waals surface area contributed by atoms with E-state index in [2.05, 4.69) is 16.0 Å². The van der Waals surface area contributed by atoms with Crippen LogP contribution < -0.4 is 27.4 Å². The van der Waals surface area contributed by atoms with Crippen molar-refractivity contribution in [3.05, 3.63) is 0 Å². The molecule has 0 aromatic carbocycles. The van der Waals surface area contributed by atoms with Crippen LogP contribution in [0.25, 0.3) is 0 Å². The fourth-order valence-corrected chi connectivity index (χ4v) is 2.15. The number of hydrogen-bond acceptors (Lipinski definition) is 7. The molecule has 3 atom stereocenters. The molecule has 0 rings (SSSR count). The van der Waals surface area contributed by atoms with Crippen LogP contribution in [0.5, 0.6) is 0 Å². The fraction of sp³-hybridized carbons (Fsp3) is 0.688. The van der Waals surface area contributed by atoms with Crippen molar-refractivity contribution in [2.24, 2.45) is 11.5 Å². The molecule has 0 saturated heterocycles. The molecule has 3 unspecified atom stereocenters. The predicted molar refractivity (Wildman–Crippen MR) is 97.9 cm³/mol. The molecule has 0 aromatic heterocycles. The molecule has 3 amide bonds. The fourth-order valence-electron chi connectivity index (χ4n) is 2.15. The lowest BCUT2D eigenvalue weighted by Gasteiger charge is -2.22. The Bertz CT molecular complexity index is 570. The summed E-state index contributed by atoms with van der Waals surface area (Å²) < 4.78 is 0. The number of amides is 3. The number of aliphatic carboxylic acids is 2. The number of unbranched alkanes of at least 4 members (excludes halogenated alkanes) is 1. The van der Waals surface area contributed by atoms with E-state index in [9.17, 15) is 24.0 Å². The van der Waals surface area contributed by atoms with Crippen LogP contribution in [0.4, 0.5) is 0 Å². The summed E-state index contributed by atoms with van der Waals surface area (Å²) in [6, 6.07) is -3.12. The van der Waals surface area contributed by atoms with Crippen LogP contribution in [-0.2, 0) is 24.0 Å². The van der Waals surface area contributed by atoms with Gasteiger partial charge in [0.1, 0.15) is 18.6 Å². The van der Waals surface area contributed by atoms with Gasteiger partial charge in [0.25, 0.3) is 0 Å². The monoisotopic (exact) mass is 403 g/mol. The Kier molecular flexibility index (Phi) is 12.1. The lowest BCUT2D eigenvalue weighted by molar-refractivity contribution is -0.139. The zero-order chi connectivity index (χ0) is 21.7. The zero-order valence-corrected chi connectivity index (χ0v) is 15.8. The highest BCUT2D eigenvalue weighted by Crippen LogP contribution is 2.04. The second-order valence-corrected chi connectivity index (χ2v) is 6.23. The van der Waals surface area contributed by atoms with E-state index in [1.807, 2.05) is 0 Å². The third-order valence-electron chi connectivity index (χ3n) is 3.75. The summed E-state index contributed by atoms with van der Waals surface area (Å²) in [6.07, 6.45) is 0.994. The number of hydrogen-bond donors (Lipinski definition) is 7. The van der Waals surface area contributed by atoms with Gasteiger partial charge in [-0.1, -0.05) is 0 Å². The normalized spacial score (nSPS) is 13.7. The van der Waals surface area contributed by atoms with Crippen molar-refractivity contribution in [3.63, 3.8) is 0 Å². The molecule has 12 nitrogen and oxygen atoms in total. The van der Waals surface area contributed by atoms with Gasteiger partial charge in [-0.15, -0.1) is 0 Å². The van der Waals surface area contributed by atoms with Crippen molar-refractivity contribution in [2.75, 3.05) is 13.1 Å². The molecule has 0 saturated carbocycles. The first-order chi connectivity index (χ1) is 13.1. The number of carboxylic acids is 2. The Morgan fingerprint density at radius 2 is 1.54 bits per heavy atom. The molecule has 0 aliphatic heterocycles. The van der Waals surface area contributed by atoms with Crippen LogP contribution >= 0.6 is 0 Å². The molecular weight excluding hydrogens is 374 g/mol. The van der Waals surface area contributed by atoms with Gasteiger partial charge in [0.2, 0.25) is 17.7 Å². The van der Waals surface area contributed by atoms with Gasteiger partial charge in [-0.3, -0.25) is 24.0 Å². The smallest absolute Gasteiger partial charge is 0.322 e. The highest BCUT2D eigenvalue weighted by Gasteiger charge is 2.26. The number of rotatable bonds is 14. The Balaban J connectivity index is 4.84. The van der Waals surface area contributed by atoms with Crippen molar-refractivity contribution in [2.45, 2.75) is 57.2 Å². The molecule has 12 heteroatoms. The van der Waals surface area contributed by atoms with Crippen molar-refractivity contribution in [1.82, 2.24) is 16.0 Å². The van der Waals surface area contributed by atoms with Crippen molar-refractivity contribution >= 4 is 29.7 Å². The standard InChI is InChI=1S/C16H29N5O7/c1-9(14(26)19-8-13(24)25)20-16(28)11(4-2-3-7-17)21-15(27)10(18)5-6-12(22)23/h9-11H,2-8,17-18H2,1H3,(H,19,26)(H,20,28)(H,21,27)(H,22,23)(H,24,25). The second kappa shape index (κ2) is 13.4. The lowest BCUT2D eigenvalue weighted by atomic mass is 10.1. The molecule has 0 fully saturated rings. The summed E-state index contributed by atoms with van der Waals surface area (Å²) in [5, 5.41) is 24.2. The first kappa shape index (κ1) is 25.3. The maximum absolute atomic E-state index is 12.4. The van der Waals surface area contributed by atoms with Crippen molar-refractivity contribution in [1.29, 1.82) is 0 Å². The van der Waals surface area contributed by atoms with Gasteiger partial charge in [-0.2, -0.15) is 0 Å². The molecule has 0 aliphatic rings. The number of carbonyl (C=O) groups is 5. The molecule has 0 aromatic rings. The Hall–Kier alpha value is -2.73. The van der Waals surface area contributed by atoms with Gasteiger partial charge in [-0.25, -0.2) is 0 Å². The number of carboxylic acid groups (broad SMARTS) is 2. The van der Waals surface area contributed by atoms with E-state index in [1.165, 1.54) is 6.92 Å².